The summed E-state index contributed by atoms with van der Waals surface area (Å²) >= 11 is 0. The van der Waals surface area contributed by atoms with Crippen LogP contribution in [0.1, 0.15) is 40.2 Å². The van der Waals surface area contributed by atoms with Crippen LogP contribution in [0.25, 0.3) is 0 Å². The van der Waals surface area contributed by atoms with E-state index in [1.54, 1.807) is 6.07 Å². The van der Waals surface area contributed by atoms with E-state index in [1.165, 1.54) is 0 Å². The van der Waals surface area contributed by atoms with Crippen molar-refractivity contribution in [2.45, 2.75) is 46.1 Å². The van der Waals surface area contributed by atoms with Crippen LogP contribution in [0.15, 0.2) is 18.2 Å². The summed E-state index contributed by atoms with van der Waals surface area (Å²) in [5, 5.41) is 9.86. The van der Waals surface area contributed by atoms with E-state index in [2.05, 4.69) is 20.8 Å². The fraction of sp³-hybridized carbons (Fsp3) is 0.538. The average Bonchev–Trinajstić information content (AvgIpc) is 1.99. The molecule has 1 aromatic carbocycles. The van der Waals surface area contributed by atoms with E-state index in [9.17, 15) is 5.11 Å². The van der Waals surface area contributed by atoms with Crippen molar-refractivity contribution in [3.8, 4) is 11.5 Å². The molecule has 0 aliphatic heterocycles. The molecule has 15 heavy (non-hydrogen) atoms. The van der Waals surface area contributed by atoms with Crippen molar-refractivity contribution in [3.63, 3.8) is 0 Å². The van der Waals surface area contributed by atoms with Crippen LogP contribution in [0.5, 0.6) is 11.5 Å². The number of ether oxygens (including phenoxy) is 1. The first-order valence-corrected chi connectivity index (χ1v) is 5.31. The molecule has 1 rings (SSSR count). The number of benzene rings is 1. The van der Waals surface area contributed by atoms with Crippen molar-refractivity contribution in [2.75, 3.05) is 0 Å². The van der Waals surface area contributed by atoms with Gasteiger partial charge in [0.25, 0.3) is 0 Å². The molecule has 0 aromatic heterocycles. The summed E-state index contributed by atoms with van der Waals surface area (Å²) in [5.41, 5.74) is 0.758. The van der Waals surface area contributed by atoms with E-state index in [0.29, 0.717) is 5.75 Å². The minimum atomic E-state index is -0.116. The molecule has 1 aromatic rings. The zero-order valence-corrected chi connectivity index (χ0v) is 10.2. The number of rotatable bonds is 2. The van der Waals surface area contributed by atoms with Gasteiger partial charge in [-0.05, 0) is 31.4 Å². The van der Waals surface area contributed by atoms with Gasteiger partial charge in [0.1, 0.15) is 11.5 Å². The maximum absolute atomic E-state index is 9.86. The highest BCUT2D eigenvalue weighted by molar-refractivity contribution is 5.48. The van der Waals surface area contributed by atoms with Crippen molar-refractivity contribution in [2.24, 2.45) is 0 Å². The van der Waals surface area contributed by atoms with Gasteiger partial charge in [-0.3, -0.25) is 0 Å². The number of phenolic OH excluding ortho intramolecular Hbond substituents is 1. The van der Waals surface area contributed by atoms with Gasteiger partial charge in [0.05, 0.1) is 6.10 Å². The van der Waals surface area contributed by atoms with Crippen LogP contribution in [0.3, 0.4) is 0 Å². The monoisotopic (exact) mass is 208 g/mol. The number of phenols is 1. The van der Waals surface area contributed by atoms with E-state index in [-0.39, 0.29) is 11.5 Å². The molecule has 0 radical (unpaired) electrons. The lowest BCUT2D eigenvalue weighted by molar-refractivity contribution is 0.235. The zero-order valence-electron chi connectivity index (χ0n) is 10.2. The second-order valence-electron chi connectivity index (χ2n) is 5.07. The molecule has 2 heteroatoms. The average molecular weight is 208 g/mol. The van der Waals surface area contributed by atoms with Crippen LogP contribution in [0.4, 0.5) is 0 Å². The molecule has 2 nitrogen and oxygen atoms in total. The van der Waals surface area contributed by atoms with Gasteiger partial charge in [-0.2, -0.15) is 0 Å². The Morgan fingerprint density at radius 1 is 1.20 bits per heavy atom. The summed E-state index contributed by atoms with van der Waals surface area (Å²) < 4.78 is 5.69. The molecule has 0 heterocycles. The largest absolute Gasteiger partial charge is 0.508 e. The van der Waals surface area contributed by atoms with Crippen LogP contribution in [0.2, 0.25) is 0 Å². The van der Waals surface area contributed by atoms with Gasteiger partial charge in [0.15, 0.2) is 0 Å². The second-order valence-corrected chi connectivity index (χ2v) is 5.07. The summed E-state index contributed by atoms with van der Waals surface area (Å²) in [7, 11) is 0. The molecule has 0 atom stereocenters. The van der Waals surface area contributed by atoms with Crippen molar-refractivity contribution in [1.82, 2.24) is 0 Å². The van der Waals surface area contributed by atoms with Crippen LogP contribution < -0.4 is 4.74 Å². The topological polar surface area (TPSA) is 29.5 Å². The van der Waals surface area contributed by atoms with Crippen molar-refractivity contribution < 1.29 is 9.84 Å². The quantitative estimate of drug-likeness (QED) is 0.806. The Hall–Kier alpha value is -1.18. The molecule has 0 saturated heterocycles. The van der Waals surface area contributed by atoms with E-state index in [1.807, 2.05) is 26.0 Å². The lowest BCUT2D eigenvalue weighted by Crippen LogP contribution is -2.16. The first-order chi connectivity index (χ1) is 6.82. The van der Waals surface area contributed by atoms with E-state index >= 15 is 0 Å². The van der Waals surface area contributed by atoms with Gasteiger partial charge < -0.3 is 9.84 Å². The molecule has 0 amide bonds. The Morgan fingerprint density at radius 2 is 1.80 bits per heavy atom. The van der Waals surface area contributed by atoms with Gasteiger partial charge in [-0.15, -0.1) is 0 Å². The SMILES string of the molecule is CC(C)Oc1cccc(O)c1C(C)(C)C. The molecule has 0 saturated carbocycles. The minimum Gasteiger partial charge on any atom is -0.508 e. The predicted octanol–water partition coefficient (Wildman–Crippen LogP) is 3.48. The number of hydrogen-bond donors (Lipinski definition) is 1. The molecule has 0 aliphatic carbocycles. The Bertz CT molecular complexity index is 335. The Morgan fingerprint density at radius 3 is 2.27 bits per heavy atom. The summed E-state index contributed by atoms with van der Waals surface area (Å²) in [6, 6.07) is 5.41. The van der Waals surface area contributed by atoms with Crippen LogP contribution in [-0.2, 0) is 5.41 Å². The fourth-order valence-electron chi connectivity index (χ4n) is 1.63. The molecular weight excluding hydrogens is 188 g/mol. The smallest absolute Gasteiger partial charge is 0.127 e. The lowest BCUT2D eigenvalue weighted by Gasteiger charge is -2.24. The molecule has 0 fully saturated rings. The first-order valence-electron chi connectivity index (χ1n) is 5.31. The molecule has 0 unspecified atom stereocenters. The van der Waals surface area contributed by atoms with E-state index < -0.39 is 0 Å². The maximum Gasteiger partial charge on any atom is 0.127 e. The number of aromatic hydroxyl groups is 1. The van der Waals surface area contributed by atoms with Gasteiger partial charge >= 0.3 is 0 Å². The van der Waals surface area contributed by atoms with Crippen molar-refractivity contribution >= 4 is 0 Å². The Kier molecular flexibility index (Phi) is 3.28. The van der Waals surface area contributed by atoms with Gasteiger partial charge in [-0.25, -0.2) is 0 Å². The van der Waals surface area contributed by atoms with Gasteiger partial charge in [-0.1, -0.05) is 26.8 Å². The zero-order chi connectivity index (χ0) is 11.6. The highest BCUT2D eigenvalue weighted by atomic mass is 16.5. The Labute approximate surface area is 91.9 Å². The summed E-state index contributed by atoms with van der Waals surface area (Å²) in [6.07, 6.45) is 0.118. The molecule has 0 aliphatic rings. The van der Waals surface area contributed by atoms with E-state index in [0.717, 1.165) is 11.3 Å². The van der Waals surface area contributed by atoms with Crippen LogP contribution >= 0.6 is 0 Å². The molecule has 1 N–H and O–H groups in total. The highest BCUT2D eigenvalue weighted by Gasteiger charge is 2.23. The predicted molar refractivity (Wildman–Crippen MR) is 62.6 cm³/mol. The third-order valence-corrected chi connectivity index (χ3v) is 2.12. The highest BCUT2D eigenvalue weighted by Crippen LogP contribution is 2.38. The maximum atomic E-state index is 9.86. The second kappa shape index (κ2) is 4.13. The van der Waals surface area contributed by atoms with Crippen LogP contribution in [0, 0.1) is 0 Å². The molecule has 84 valence electrons. The van der Waals surface area contributed by atoms with Gasteiger partial charge in [0, 0.05) is 5.56 Å². The third kappa shape index (κ3) is 2.88. The van der Waals surface area contributed by atoms with Crippen LogP contribution in [-0.4, -0.2) is 11.2 Å². The fourth-order valence-corrected chi connectivity index (χ4v) is 1.63. The third-order valence-electron chi connectivity index (χ3n) is 2.12. The molecular formula is C13H20O2. The minimum absolute atomic E-state index is 0.116. The van der Waals surface area contributed by atoms with E-state index in [4.69, 9.17) is 4.74 Å². The molecule has 0 spiro atoms. The Balaban J connectivity index is 3.21. The normalized spacial score (nSPS) is 11.9. The number of hydrogen-bond acceptors (Lipinski definition) is 2. The molecule has 0 bridgehead atoms. The summed E-state index contributed by atoms with van der Waals surface area (Å²) in [5.74, 6) is 1.08. The first kappa shape index (κ1) is 11.9. The van der Waals surface area contributed by atoms with Gasteiger partial charge in [0.2, 0.25) is 0 Å². The van der Waals surface area contributed by atoms with Crippen molar-refractivity contribution in [1.29, 1.82) is 0 Å². The lowest BCUT2D eigenvalue weighted by atomic mass is 9.85. The summed E-state index contributed by atoms with van der Waals surface area (Å²) in [6.45, 7) is 10.2. The standard InChI is InChI=1S/C13H20O2/c1-9(2)15-11-8-6-7-10(14)12(11)13(3,4)5/h6-9,14H,1-5H3. The summed E-state index contributed by atoms with van der Waals surface area (Å²) in [4.78, 5) is 0. The van der Waals surface area contributed by atoms with Crippen molar-refractivity contribution in [3.05, 3.63) is 23.8 Å².